The first kappa shape index (κ1) is 12.5. The Kier molecular flexibility index (Phi) is 7.76. The van der Waals surface area contributed by atoms with Gasteiger partial charge in [0.2, 0.25) is 0 Å². The van der Waals surface area contributed by atoms with Crippen molar-refractivity contribution in [1.82, 2.24) is 5.32 Å². The maximum absolute atomic E-state index is 5.73. The number of benzene rings is 1. The molecule has 0 heterocycles. The second-order valence-corrected chi connectivity index (χ2v) is 2.92. The van der Waals surface area contributed by atoms with E-state index in [-0.39, 0.29) is 0 Å². The van der Waals surface area contributed by atoms with E-state index in [1.54, 1.807) is 0 Å². The van der Waals surface area contributed by atoms with Crippen molar-refractivity contribution in [3.05, 3.63) is 34.9 Å². The molecule has 1 aromatic rings. The van der Waals surface area contributed by atoms with Crippen molar-refractivity contribution in [1.29, 1.82) is 0 Å². The van der Waals surface area contributed by atoms with E-state index in [0.29, 0.717) is 0 Å². The molecule has 0 saturated heterocycles. The summed E-state index contributed by atoms with van der Waals surface area (Å²) < 4.78 is 0. The summed E-state index contributed by atoms with van der Waals surface area (Å²) in [5, 5.41) is 3.90. The molecular weight excluding hydrogens is 182 g/mol. The van der Waals surface area contributed by atoms with Gasteiger partial charge in [-0.3, -0.25) is 0 Å². The zero-order valence-electron chi connectivity index (χ0n) is 8.60. The molecule has 0 aromatic heterocycles. The van der Waals surface area contributed by atoms with E-state index in [1.807, 2.05) is 33.0 Å². The van der Waals surface area contributed by atoms with Gasteiger partial charge in [0.25, 0.3) is 0 Å². The van der Waals surface area contributed by atoms with Crippen LogP contribution in [0.3, 0.4) is 0 Å². The maximum atomic E-state index is 5.73. The van der Waals surface area contributed by atoms with Gasteiger partial charge in [0.1, 0.15) is 0 Å². The molecule has 0 bridgehead atoms. The Morgan fingerprint density at radius 1 is 1.15 bits per heavy atom. The first-order chi connectivity index (χ1) is 6.33. The van der Waals surface area contributed by atoms with Gasteiger partial charge >= 0.3 is 0 Å². The SMILES string of the molecule is CC.CNCCc1ccc(Cl)cc1. The Morgan fingerprint density at radius 2 is 1.69 bits per heavy atom. The summed E-state index contributed by atoms with van der Waals surface area (Å²) in [6, 6.07) is 7.96. The number of hydrogen-bond donors (Lipinski definition) is 1. The second kappa shape index (κ2) is 8.09. The summed E-state index contributed by atoms with van der Waals surface area (Å²) in [6.45, 7) is 5.02. The number of hydrogen-bond acceptors (Lipinski definition) is 1. The molecule has 0 fully saturated rings. The number of halogens is 1. The molecule has 0 aliphatic rings. The summed E-state index contributed by atoms with van der Waals surface area (Å²) in [6.07, 6.45) is 1.06. The van der Waals surface area contributed by atoms with Gasteiger partial charge in [0.05, 0.1) is 0 Å². The van der Waals surface area contributed by atoms with Crippen molar-refractivity contribution in [3.8, 4) is 0 Å². The lowest BCUT2D eigenvalue weighted by Crippen LogP contribution is -2.09. The lowest BCUT2D eigenvalue weighted by atomic mass is 10.1. The number of likely N-dealkylation sites (N-methyl/N-ethyl adjacent to an activating group) is 1. The largest absolute Gasteiger partial charge is 0.319 e. The van der Waals surface area contributed by atoms with Crippen LogP contribution in [0, 0.1) is 0 Å². The first-order valence-electron chi connectivity index (χ1n) is 4.72. The minimum atomic E-state index is 0.804. The van der Waals surface area contributed by atoms with E-state index >= 15 is 0 Å². The molecule has 0 radical (unpaired) electrons. The van der Waals surface area contributed by atoms with E-state index < -0.39 is 0 Å². The molecule has 1 N–H and O–H groups in total. The predicted molar refractivity (Wildman–Crippen MR) is 60.4 cm³/mol. The van der Waals surface area contributed by atoms with Crippen LogP contribution < -0.4 is 5.32 Å². The van der Waals surface area contributed by atoms with Crippen molar-refractivity contribution >= 4 is 11.6 Å². The molecule has 1 nitrogen and oxygen atoms in total. The minimum Gasteiger partial charge on any atom is -0.319 e. The zero-order chi connectivity index (χ0) is 10.1. The van der Waals surface area contributed by atoms with Crippen molar-refractivity contribution < 1.29 is 0 Å². The van der Waals surface area contributed by atoms with Crippen LogP contribution in [0.25, 0.3) is 0 Å². The molecule has 0 spiro atoms. The Hall–Kier alpha value is -0.530. The first-order valence-corrected chi connectivity index (χ1v) is 5.10. The third kappa shape index (κ3) is 5.67. The van der Waals surface area contributed by atoms with Crippen LogP contribution in [0.5, 0.6) is 0 Å². The van der Waals surface area contributed by atoms with Crippen LogP contribution >= 0.6 is 11.6 Å². The van der Waals surface area contributed by atoms with E-state index in [4.69, 9.17) is 11.6 Å². The van der Waals surface area contributed by atoms with Crippen molar-refractivity contribution in [2.24, 2.45) is 0 Å². The molecular formula is C11H18ClN. The van der Waals surface area contributed by atoms with Gasteiger partial charge < -0.3 is 5.32 Å². The van der Waals surface area contributed by atoms with Gasteiger partial charge in [-0.05, 0) is 37.7 Å². The van der Waals surface area contributed by atoms with Crippen LogP contribution in [0.1, 0.15) is 19.4 Å². The fourth-order valence-corrected chi connectivity index (χ4v) is 1.05. The van der Waals surface area contributed by atoms with E-state index in [2.05, 4.69) is 17.4 Å². The number of nitrogens with one attached hydrogen (secondary N) is 1. The van der Waals surface area contributed by atoms with Gasteiger partial charge in [0.15, 0.2) is 0 Å². The lowest BCUT2D eigenvalue weighted by molar-refractivity contribution is 0.792. The molecule has 1 rings (SSSR count). The van der Waals surface area contributed by atoms with Gasteiger partial charge in [0, 0.05) is 5.02 Å². The summed E-state index contributed by atoms with van der Waals surface area (Å²) in [7, 11) is 1.95. The highest BCUT2D eigenvalue weighted by atomic mass is 35.5. The molecule has 0 aliphatic heterocycles. The van der Waals surface area contributed by atoms with Gasteiger partial charge in [-0.2, -0.15) is 0 Å². The molecule has 1 aromatic carbocycles. The van der Waals surface area contributed by atoms with E-state index in [9.17, 15) is 0 Å². The molecule has 0 amide bonds. The zero-order valence-corrected chi connectivity index (χ0v) is 9.36. The summed E-state index contributed by atoms with van der Waals surface area (Å²) in [4.78, 5) is 0. The smallest absolute Gasteiger partial charge is 0.0406 e. The summed E-state index contributed by atoms with van der Waals surface area (Å²) in [5.74, 6) is 0. The van der Waals surface area contributed by atoms with Gasteiger partial charge in [-0.25, -0.2) is 0 Å². The standard InChI is InChI=1S/C9H12ClN.C2H6/c1-11-7-6-8-2-4-9(10)5-3-8;1-2/h2-5,11H,6-7H2,1H3;1-2H3. The van der Waals surface area contributed by atoms with E-state index in [0.717, 1.165) is 18.0 Å². The van der Waals surface area contributed by atoms with Crippen molar-refractivity contribution in [2.75, 3.05) is 13.6 Å². The Morgan fingerprint density at radius 3 is 2.15 bits per heavy atom. The third-order valence-electron chi connectivity index (χ3n) is 1.58. The highest BCUT2D eigenvalue weighted by Gasteiger charge is 1.90. The Labute approximate surface area is 86.1 Å². The molecule has 0 unspecified atom stereocenters. The highest BCUT2D eigenvalue weighted by molar-refractivity contribution is 6.30. The van der Waals surface area contributed by atoms with Crippen molar-refractivity contribution in [2.45, 2.75) is 20.3 Å². The predicted octanol–water partition coefficient (Wildman–Crippen LogP) is 3.13. The second-order valence-electron chi connectivity index (χ2n) is 2.48. The maximum Gasteiger partial charge on any atom is 0.0406 e. The minimum absolute atomic E-state index is 0.804. The summed E-state index contributed by atoms with van der Waals surface area (Å²) >= 11 is 5.73. The van der Waals surface area contributed by atoms with Crippen molar-refractivity contribution in [3.63, 3.8) is 0 Å². The topological polar surface area (TPSA) is 12.0 Å². The Bertz CT molecular complexity index is 206. The Balaban J connectivity index is 0.000000671. The van der Waals surface area contributed by atoms with Crippen LogP contribution in [-0.2, 0) is 6.42 Å². The third-order valence-corrected chi connectivity index (χ3v) is 1.83. The molecule has 74 valence electrons. The molecule has 2 heteroatoms. The normalized spacial score (nSPS) is 8.92. The van der Waals surface area contributed by atoms with Crippen LogP contribution in [0.15, 0.2) is 24.3 Å². The van der Waals surface area contributed by atoms with Crippen LogP contribution in [0.4, 0.5) is 0 Å². The summed E-state index contributed by atoms with van der Waals surface area (Å²) in [5.41, 5.74) is 1.32. The van der Waals surface area contributed by atoms with Crippen LogP contribution in [0.2, 0.25) is 5.02 Å². The fraction of sp³-hybridized carbons (Fsp3) is 0.455. The monoisotopic (exact) mass is 199 g/mol. The average Bonchev–Trinajstić information content (AvgIpc) is 2.20. The fourth-order valence-electron chi connectivity index (χ4n) is 0.920. The molecule has 0 atom stereocenters. The quantitative estimate of drug-likeness (QED) is 0.789. The van der Waals surface area contributed by atoms with Gasteiger partial charge in [-0.15, -0.1) is 0 Å². The molecule has 13 heavy (non-hydrogen) atoms. The number of rotatable bonds is 3. The lowest BCUT2D eigenvalue weighted by Gasteiger charge is -1.99. The molecule has 0 aliphatic carbocycles. The van der Waals surface area contributed by atoms with Gasteiger partial charge in [-0.1, -0.05) is 37.6 Å². The van der Waals surface area contributed by atoms with E-state index in [1.165, 1.54) is 5.56 Å². The molecule has 0 saturated carbocycles. The highest BCUT2D eigenvalue weighted by Crippen LogP contribution is 2.09. The average molecular weight is 200 g/mol. The van der Waals surface area contributed by atoms with Crippen LogP contribution in [-0.4, -0.2) is 13.6 Å².